The molecule has 4 nitrogen and oxygen atoms in total. The van der Waals surface area contributed by atoms with Crippen molar-refractivity contribution in [2.24, 2.45) is 23.7 Å². The molecule has 2 aliphatic heterocycles. The van der Waals surface area contributed by atoms with Gasteiger partial charge in [0.05, 0.1) is 22.8 Å². The van der Waals surface area contributed by atoms with Crippen LogP contribution >= 0.6 is 0 Å². The van der Waals surface area contributed by atoms with Crippen molar-refractivity contribution in [3.63, 3.8) is 0 Å². The summed E-state index contributed by atoms with van der Waals surface area (Å²) in [5.74, 6) is 3.37. The molecule has 4 heteroatoms. The van der Waals surface area contributed by atoms with Crippen molar-refractivity contribution in [1.82, 2.24) is 19.9 Å². The van der Waals surface area contributed by atoms with E-state index in [-0.39, 0.29) is 0 Å². The van der Waals surface area contributed by atoms with Crippen LogP contribution in [-0.4, -0.2) is 19.9 Å². The van der Waals surface area contributed by atoms with Crippen LogP contribution in [0, 0.1) is 23.7 Å². The molecule has 12 aliphatic carbocycles. The first-order valence-electron chi connectivity index (χ1n) is 23.3. The maximum atomic E-state index is 5.93. The molecule has 0 saturated carbocycles. The van der Waals surface area contributed by atoms with Gasteiger partial charge in [-0.15, -0.1) is 0 Å². The van der Waals surface area contributed by atoms with E-state index in [4.69, 9.17) is 9.97 Å². The largest absolute Gasteiger partial charge is 0.355 e. The van der Waals surface area contributed by atoms with E-state index in [1.807, 2.05) is 0 Å². The van der Waals surface area contributed by atoms with E-state index in [0.29, 0.717) is 47.3 Å². The van der Waals surface area contributed by atoms with E-state index in [1.165, 1.54) is 177 Å². The Bertz CT molecular complexity index is 2730. The Hall–Kier alpha value is -5.22. The first-order valence-corrected chi connectivity index (χ1v) is 23.3. The van der Waals surface area contributed by atoms with E-state index in [2.05, 4.69) is 108 Å². The summed E-state index contributed by atoms with van der Waals surface area (Å²) in [5.41, 5.74) is 25.8. The van der Waals surface area contributed by atoms with Crippen LogP contribution < -0.4 is 0 Å². The molecule has 0 radical (unpaired) electrons. The molecule has 8 atom stereocenters. The minimum atomic E-state index is 0.380. The number of rotatable bonds is 5. The first kappa shape index (κ1) is 33.6. The summed E-state index contributed by atoms with van der Waals surface area (Å²) in [6.07, 6.45) is 34.7. The Balaban J connectivity index is 1.14. The number of hydrogen-bond acceptors (Lipinski definition) is 2. The summed E-state index contributed by atoms with van der Waals surface area (Å²) in [5, 5.41) is 0. The summed E-state index contributed by atoms with van der Waals surface area (Å²) in [6, 6.07) is 17.1. The van der Waals surface area contributed by atoms with Gasteiger partial charge in [-0.25, -0.2) is 9.97 Å². The number of aromatic amines is 2. The van der Waals surface area contributed by atoms with E-state index < -0.39 is 0 Å². The third kappa shape index (κ3) is 4.72. The topological polar surface area (TPSA) is 57.4 Å². The highest BCUT2D eigenvalue weighted by atomic mass is 14.8. The van der Waals surface area contributed by atoms with Gasteiger partial charge in [-0.1, -0.05) is 92.6 Å². The van der Waals surface area contributed by atoms with E-state index in [9.17, 15) is 0 Å². The van der Waals surface area contributed by atoms with Crippen molar-refractivity contribution in [2.75, 3.05) is 0 Å². The molecule has 14 aliphatic rings. The summed E-state index contributed by atoms with van der Waals surface area (Å²) in [4.78, 5) is 20.1. The zero-order valence-electron chi connectivity index (χ0n) is 34.2. The highest BCUT2D eigenvalue weighted by Gasteiger charge is 2.43. The van der Waals surface area contributed by atoms with Crippen molar-refractivity contribution in [3.8, 4) is 11.1 Å². The number of nitrogens with zero attached hydrogens (tertiary/aromatic N) is 2. The minimum Gasteiger partial charge on any atom is -0.355 e. The predicted octanol–water partition coefficient (Wildman–Crippen LogP) is 13.8. The third-order valence-electron chi connectivity index (χ3n) is 16.4. The molecule has 1 aromatic carbocycles. The summed E-state index contributed by atoms with van der Waals surface area (Å²) >= 11 is 0. The van der Waals surface area contributed by atoms with Gasteiger partial charge < -0.3 is 9.97 Å². The molecular formula is C55H52N4. The number of hydrogen-bond donors (Lipinski definition) is 2. The number of allylic oxidation sites excluding steroid dienone is 12. The number of fused-ring (bicyclic) bond motifs is 12. The second kappa shape index (κ2) is 12.4. The molecule has 292 valence electrons. The minimum absolute atomic E-state index is 0.380. The first-order chi connectivity index (χ1) is 29.2. The number of unbranched alkanes of at least 4 members (excludes halogenated alkanes) is 2. The maximum absolute atomic E-state index is 5.93. The van der Waals surface area contributed by atoms with E-state index in [0.717, 1.165) is 6.42 Å². The number of H-pyrrole nitrogens is 2. The molecule has 8 unspecified atom stereocenters. The van der Waals surface area contributed by atoms with Crippen LogP contribution in [0.2, 0.25) is 0 Å². The molecule has 0 fully saturated rings. The van der Waals surface area contributed by atoms with Crippen LogP contribution in [0.25, 0.3) is 55.5 Å². The Kier molecular flexibility index (Phi) is 7.07. The molecule has 18 rings (SSSR count). The number of aromatic nitrogens is 4. The van der Waals surface area contributed by atoms with Gasteiger partial charge in [-0.2, -0.15) is 0 Å². The standard InChI is InChI=1S/C55H52N4/c1-2-3-4-5-29-6-8-38(9-7-29)53-54-51-36-22-18-34(19-23-36)49(51)43(58-54)27-41-47-32-14-10-30(11-15-32)45(47)39(56-41)26-40-46-31-12-16-33(17-13-31)48(46)42(57-40)28-44-50-35-20-24-37(25-21-35)52(50)55(53)59-44/h6-10,12,14,16,18,20,22,24,26-28,30-37,56-57H,2-5,11,13,15,17,19,21,23,25H2,1H3. The Morgan fingerprint density at radius 1 is 0.458 bits per heavy atom. The second-order valence-electron chi connectivity index (χ2n) is 19.6. The SMILES string of the molecule is CCCCCc1ccc(-c2c3nc(cc4[nH]c(cc5[nH]c(cc6nc2C2=C6C6C=CC2CC6)c2c5C5C=CC2CC5)c2c4C4C=CC2CC4)C2=C3C3C=CC2CC3)cc1. The molecule has 0 saturated heterocycles. The summed E-state index contributed by atoms with van der Waals surface area (Å²) in [6.45, 7) is 2.30. The fourth-order valence-electron chi connectivity index (χ4n) is 13.8. The number of nitrogens with one attached hydrogen (secondary N) is 2. The summed E-state index contributed by atoms with van der Waals surface area (Å²) < 4.78 is 0. The van der Waals surface area contributed by atoms with Crippen molar-refractivity contribution in [1.29, 1.82) is 0 Å². The Morgan fingerprint density at radius 3 is 1.25 bits per heavy atom. The Morgan fingerprint density at radius 2 is 0.847 bits per heavy atom. The molecule has 0 spiro atoms. The number of benzene rings is 1. The fourth-order valence-corrected chi connectivity index (χ4v) is 13.8. The van der Waals surface area contributed by atoms with Gasteiger partial charge in [0.25, 0.3) is 0 Å². The maximum Gasteiger partial charge on any atom is 0.0778 e. The van der Waals surface area contributed by atoms with Gasteiger partial charge in [0.2, 0.25) is 0 Å². The van der Waals surface area contributed by atoms with Crippen LogP contribution in [0.15, 0.2) is 91.1 Å². The zero-order valence-corrected chi connectivity index (χ0v) is 34.2. The molecule has 2 N–H and O–H groups in total. The van der Waals surface area contributed by atoms with Gasteiger partial charge in [-0.05, 0) is 138 Å². The zero-order chi connectivity index (χ0) is 38.5. The predicted molar refractivity (Wildman–Crippen MR) is 242 cm³/mol. The molecule has 0 amide bonds. The van der Waals surface area contributed by atoms with Gasteiger partial charge in [-0.3, -0.25) is 0 Å². The average molecular weight is 769 g/mol. The highest BCUT2D eigenvalue weighted by Crippen LogP contribution is 2.58. The van der Waals surface area contributed by atoms with E-state index in [1.54, 1.807) is 0 Å². The summed E-state index contributed by atoms with van der Waals surface area (Å²) in [7, 11) is 0. The van der Waals surface area contributed by atoms with Gasteiger partial charge in [0.1, 0.15) is 0 Å². The number of aryl methyl sites for hydroxylation is 1. The fraction of sp³-hybridized carbons (Fsp3) is 0.382. The van der Waals surface area contributed by atoms with Gasteiger partial charge in [0, 0.05) is 75.0 Å². The normalized spacial score (nSPS) is 29.4. The molecule has 16 bridgehead atoms. The second-order valence-corrected chi connectivity index (χ2v) is 19.6. The van der Waals surface area contributed by atoms with Crippen molar-refractivity contribution >= 4 is 44.4 Å². The van der Waals surface area contributed by atoms with Crippen LogP contribution in [0.3, 0.4) is 0 Å². The van der Waals surface area contributed by atoms with E-state index >= 15 is 0 Å². The quantitative estimate of drug-likeness (QED) is 0.157. The lowest BCUT2D eigenvalue weighted by atomic mass is 9.68. The lowest BCUT2D eigenvalue weighted by Gasteiger charge is -2.34. The Labute approximate surface area is 347 Å². The van der Waals surface area contributed by atoms with Crippen molar-refractivity contribution < 1.29 is 0 Å². The van der Waals surface area contributed by atoms with Gasteiger partial charge in [0.15, 0.2) is 0 Å². The molecule has 3 aromatic heterocycles. The lowest BCUT2D eigenvalue weighted by molar-refractivity contribution is 0.557. The van der Waals surface area contributed by atoms with Crippen LogP contribution in [0.5, 0.6) is 0 Å². The molecular weight excluding hydrogens is 717 g/mol. The van der Waals surface area contributed by atoms with Crippen LogP contribution in [0.4, 0.5) is 0 Å². The lowest BCUT2D eigenvalue weighted by Crippen LogP contribution is -2.20. The highest BCUT2D eigenvalue weighted by molar-refractivity contribution is 6.06. The van der Waals surface area contributed by atoms with Crippen LogP contribution in [0.1, 0.15) is 152 Å². The van der Waals surface area contributed by atoms with Crippen LogP contribution in [-0.2, 0) is 6.42 Å². The monoisotopic (exact) mass is 768 g/mol. The van der Waals surface area contributed by atoms with Gasteiger partial charge >= 0.3 is 0 Å². The van der Waals surface area contributed by atoms with Crippen molar-refractivity contribution in [3.05, 3.63) is 142 Å². The molecule has 59 heavy (non-hydrogen) atoms. The molecule has 4 aromatic rings. The average Bonchev–Trinajstić information content (AvgIpc) is 4.08. The van der Waals surface area contributed by atoms with Crippen molar-refractivity contribution in [2.45, 2.75) is 108 Å². The smallest absolute Gasteiger partial charge is 0.0778 e. The third-order valence-corrected chi connectivity index (χ3v) is 16.4. The molecule has 5 heterocycles.